The summed E-state index contributed by atoms with van der Waals surface area (Å²) in [5.41, 5.74) is -0.392. The summed E-state index contributed by atoms with van der Waals surface area (Å²) in [6.07, 6.45) is -4.46. The third-order valence-electron chi connectivity index (χ3n) is 2.50. The molecule has 0 bridgehead atoms. The predicted molar refractivity (Wildman–Crippen MR) is 77.4 cm³/mol. The van der Waals surface area contributed by atoms with Crippen LogP contribution in [-0.4, -0.2) is 0 Å². The molecule has 0 fully saturated rings. The van der Waals surface area contributed by atoms with Crippen molar-refractivity contribution < 1.29 is 17.9 Å². The molecule has 0 saturated carbocycles. The fourth-order valence-corrected chi connectivity index (χ4v) is 3.15. The highest BCUT2D eigenvalue weighted by molar-refractivity contribution is 9.11. The fraction of sp³-hybridized carbons (Fsp3) is 0.231. The van der Waals surface area contributed by atoms with E-state index < -0.39 is 11.7 Å². The van der Waals surface area contributed by atoms with E-state index in [2.05, 4.69) is 15.9 Å². The first-order chi connectivity index (χ1) is 9.40. The average molecular weight is 386 g/mol. The summed E-state index contributed by atoms with van der Waals surface area (Å²) in [4.78, 5) is 0.839. The van der Waals surface area contributed by atoms with Crippen molar-refractivity contribution in [1.29, 1.82) is 0 Å². The summed E-state index contributed by atoms with van der Waals surface area (Å²) in [5.74, 6) is -0.155. The summed E-state index contributed by atoms with van der Waals surface area (Å²) in [6, 6.07) is 7.48. The first-order valence-corrected chi connectivity index (χ1v) is 7.67. The van der Waals surface area contributed by atoms with E-state index in [0.29, 0.717) is 5.56 Å². The molecule has 0 N–H and O–H groups in total. The Hall–Kier alpha value is -0.720. The van der Waals surface area contributed by atoms with Gasteiger partial charge < -0.3 is 4.74 Å². The quantitative estimate of drug-likeness (QED) is 0.600. The van der Waals surface area contributed by atoms with Gasteiger partial charge in [-0.3, -0.25) is 0 Å². The summed E-state index contributed by atoms with van der Waals surface area (Å²) in [6.45, 7) is 0.0968. The fourth-order valence-electron chi connectivity index (χ4n) is 1.59. The van der Waals surface area contributed by atoms with E-state index in [0.717, 1.165) is 14.7 Å². The topological polar surface area (TPSA) is 9.23 Å². The standard InChI is InChI=1S/C13H9BrClF3OS/c14-12-4-2-9(20-12)7-19-11-3-1-8(6-15)5-10(11)13(16,17)18/h1-5H,6-7H2. The number of hydrogen-bond acceptors (Lipinski definition) is 2. The number of hydrogen-bond donors (Lipinski definition) is 0. The van der Waals surface area contributed by atoms with Crippen LogP contribution in [-0.2, 0) is 18.7 Å². The zero-order valence-corrected chi connectivity index (χ0v) is 13.2. The number of thiophene rings is 1. The van der Waals surface area contributed by atoms with Crippen LogP contribution in [0.2, 0.25) is 0 Å². The van der Waals surface area contributed by atoms with Crippen LogP contribution in [0.25, 0.3) is 0 Å². The van der Waals surface area contributed by atoms with E-state index in [1.165, 1.54) is 23.5 Å². The SMILES string of the molecule is FC(F)(F)c1cc(CCl)ccc1OCc1ccc(Br)s1. The van der Waals surface area contributed by atoms with Gasteiger partial charge in [0.15, 0.2) is 0 Å². The van der Waals surface area contributed by atoms with Crippen molar-refractivity contribution in [3.05, 3.63) is 50.1 Å². The smallest absolute Gasteiger partial charge is 0.419 e. The van der Waals surface area contributed by atoms with Crippen LogP contribution >= 0.6 is 38.9 Å². The Balaban J connectivity index is 2.22. The van der Waals surface area contributed by atoms with Gasteiger partial charge in [-0.25, -0.2) is 0 Å². The highest BCUT2D eigenvalue weighted by Gasteiger charge is 2.34. The largest absolute Gasteiger partial charge is 0.487 e. The van der Waals surface area contributed by atoms with E-state index in [1.807, 2.05) is 6.07 Å². The van der Waals surface area contributed by atoms with Crippen LogP contribution < -0.4 is 4.74 Å². The van der Waals surface area contributed by atoms with E-state index in [4.69, 9.17) is 16.3 Å². The monoisotopic (exact) mass is 384 g/mol. The van der Waals surface area contributed by atoms with Crippen molar-refractivity contribution in [3.63, 3.8) is 0 Å². The second kappa shape index (κ2) is 6.37. The van der Waals surface area contributed by atoms with Crippen molar-refractivity contribution in [2.75, 3.05) is 0 Å². The molecule has 0 atom stereocenters. The highest BCUT2D eigenvalue weighted by Crippen LogP contribution is 2.37. The van der Waals surface area contributed by atoms with Gasteiger partial charge in [0, 0.05) is 10.8 Å². The molecule has 0 spiro atoms. The van der Waals surface area contributed by atoms with Crippen molar-refractivity contribution >= 4 is 38.9 Å². The number of alkyl halides is 4. The van der Waals surface area contributed by atoms with E-state index in [-0.39, 0.29) is 18.2 Å². The Morgan fingerprint density at radius 3 is 2.50 bits per heavy atom. The molecule has 1 nitrogen and oxygen atoms in total. The van der Waals surface area contributed by atoms with Crippen LogP contribution in [0.3, 0.4) is 0 Å². The first kappa shape index (κ1) is 15.7. The number of rotatable bonds is 4. The molecule has 0 saturated heterocycles. The van der Waals surface area contributed by atoms with Gasteiger partial charge in [0.25, 0.3) is 0 Å². The summed E-state index contributed by atoms with van der Waals surface area (Å²) in [7, 11) is 0. The summed E-state index contributed by atoms with van der Waals surface area (Å²) in [5, 5.41) is 0. The maximum Gasteiger partial charge on any atom is 0.419 e. The van der Waals surface area contributed by atoms with Gasteiger partial charge in [-0.05, 0) is 45.8 Å². The zero-order valence-electron chi connectivity index (χ0n) is 10.0. The molecule has 0 radical (unpaired) electrons. The molecule has 0 unspecified atom stereocenters. The van der Waals surface area contributed by atoms with Crippen LogP contribution in [0.1, 0.15) is 16.0 Å². The lowest BCUT2D eigenvalue weighted by Crippen LogP contribution is -2.09. The lowest BCUT2D eigenvalue weighted by atomic mass is 10.1. The van der Waals surface area contributed by atoms with Crippen LogP contribution in [0.5, 0.6) is 5.75 Å². The van der Waals surface area contributed by atoms with Gasteiger partial charge in [-0.2, -0.15) is 13.2 Å². The second-order valence-corrected chi connectivity index (χ2v) is 6.77. The van der Waals surface area contributed by atoms with E-state index >= 15 is 0 Å². The minimum atomic E-state index is -4.46. The molecule has 1 heterocycles. The molecule has 0 aliphatic carbocycles. The number of ether oxygens (including phenoxy) is 1. The predicted octanol–water partition coefficient (Wildman–Crippen LogP) is 5.85. The molecule has 1 aromatic heterocycles. The molecule has 2 rings (SSSR count). The van der Waals surface area contributed by atoms with Gasteiger partial charge in [0.05, 0.1) is 9.35 Å². The minimum absolute atomic E-state index is 0.0290. The normalized spacial score (nSPS) is 11.7. The highest BCUT2D eigenvalue weighted by atomic mass is 79.9. The zero-order chi connectivity index (χ0) is 14.8. The maximum atomic E-state index is 13.0. The Morgan fingerprint density at radius 1 is 1.20 bits per heavy atom. The van der Waals surface area contributed by atoms with Crippen molar-refractivity contribution in [2.24, 2.45) is 0 Å². The Morgan fingerprint density at radius 2 is 1.95 bits per heavy atom. The molecule has 0 amide bonds. The third kappa shape index (κ3) is 3.90. The molecule has 20 heavy (non-hydrogen) atoms. The molecule has 0 aliphatic rings. The minimum Gasteiger partial charge on any atom is -0.487 e. The molecule has 0 aliphatic heterocycles. The molecular weight excluding hydrogens is 377 g/mol. The maximum absolute atomic E-state index is 13.0. The van der Waals surface area contributed by atoms with Gasteiger partial charge in [0.1, 0.15) is 12.4 Å². The molecule has 7 heteroatoms. The lowest BCUT2D eigenvalue weighted by molar-refractivity contribution is -0.139. The van der Waals surface area contributed by atoms with Gasteiger partial charge in [0.2, 0.25) is 0 Å². The van der Waals surface area contributed by atoms with Crippen molar-refractivity contribution in [3.8, 4) is 5.75 Å². The second-order valence-electron chi connectivity index (χ2n) is 3.96. The average Bonchev–Trinajstić information content (AvgIpc) is 2.81. The first-order valence-electron chi connectivity index (χ1n) is 5.53. The van der Waals surface area contributed by atoms with Gasteiger partial charge in [-0.15, -0.1) is 22.9 Å². The molecular formula is C13H9BrClF3OS. The molecule has 1 aromatic carbocycles. The third-order valence-corrected chi connectivity index (χ3v) is 4.41. The van der Waals surface area contributed by atoms with Crippen LogP contribution in [0, 0.1) is 0 Å². The number of benzene rings is 1. The molecule has 108 valence electrons. The van der Waals surface area contributed by atoms with Gasteiger partial charge in [-0.1, -0.05) is 6.07 Å². The van der Waals surface area contributed by atoms with Crippen molar-refractivity contribution in [1.82, 2.24) is 0 Å². The Kier molecular flexibility index (Phi) is 4.99. The Bertz CT molecular complexity index is 598. The molecule has 2 aromatic rings. The number of halogens is 5. The lowest BCUT2D eigenvalue weighted by Gasteiger charge is -2.14. The van der Waals surface area contributed by atoms with E-state index in [1.54, 1.807) is 6.07 Å². The van der Waals surface area contributed by atoms with Gasteiger partial charge >= 0.3 is 6.18 Å². The summed E-state index contributed by atoms with van der Waals surface area (Å²) >= 11 is 10.3. The Labute approximate surface area is 131 Å². The van der Waals surface area contributed by atoms with Crippen molar-refractivity contribution in [2.45, 2.75) is 18.7 Å². The van der Waals surface area contributed by atoms with Crippen LogP contribution in [0.4, 0.5) is 13.2 Å². The van der Waals surface area contributed by atoms with Crippen LogP contribution in [0.15, 0.2) is 34.1 Å². The van der Waals surface area contributed by atoms with E-state index in [9.17, 15) is 13.2 Å². The summed E-state index contributed by atoms with van der Waals surface area (Å²) < 4.78 is 45.1.